The number of aromatic nitrogens is 2. The van der Waals surface area contributed by atoms with Crippen LogP contribution in [0.15, 0.2) is 35.7 Å². The Balaban J connectivity index is 2.05. The van der Waals surface area contributed by atoms with Gasteiger partial charge < -0.3 is 10.7 Å². The lowest BCUT2D eigenvalue weighted by atomic mass is 10.2. The van der Waals surface area contributed by atoms with Crippen LogP contribution in [0.2, 0.25) is 0 Å². The van der Waals surface area contributed by atoms with Gasteiger partial charge in [-0.25, -0.2) is 9.37 Å². The van der Waals surface area contributed by atoms with Gasteiger partial charge in [-0.15, -0.1) is 0 Å². The van der Waals surface area contributed by atoms with Gasteiger partial charge >= 0.3 is 0 Å². The fraction of sp³-hybridized carbons (Fsp3) is 0.100. The number of rotatable bonds is 3. The minimum atomic E-state index is -0.306. The molecule has 0 radical (unpaired) electrons. The fourth-order valence-electron chi connectivity index (χ4n) is 1.17. The lowest BCUT2D eigenvalue weighted by Crippen LogP contribution is -1.93. The minimum absolute atomic E-state index is 0.306. The van der Waals surface area contributed by atoms with Crippen LogP contribution in [0, 0.1) is 5.82 Å². The summed E-state index contributed by atoms with van der Waals surface area (Å²) in [6, 6.07) is 4.44. The SMILES string of the molecule is Nc1cc(F)ccc1CSc1ncc[nH]1. The minimum Gasteiger partial charge on any atom is -0.398 e. The van der Waals surface area contributed by atoms with Gasteiger partial charge in [0.15, 0.2) is 5.16 Å². The molecule has 3 nitrogen and oxygen atoms in total. The molecule has 3 N–H and O–H groups in total. The molecule has 2 aromatic rings. The molecular weight excluding hydrogens is 213 g/mol. The number of benzene rings is 1. The van der Waals surface area contributed by atoms with Crippen molar-refractivity contribution in [1.82, 2.24) is 9.97 Å². The summed E-state index contributed by atoms with van der Waals surface area (Å²) in [5.74, 6) is 0.374. The molecule has 0 fully saturated rings. The van der Waals surface area contributed by atoms with Crippen LogP contribution in [-0.4, -0.2) is 9.97 Å². The molecule has 1 aromatic heterocycles. The van der Waals surface area contributed by atoms with E-state index in [0.29, 0.717) is 11.4 Å². The number of anilines is 1. The molecule has 2 rings (SSSR count). The van der Waals surface area contributed by atoms with Crippen molar-refractivity contribution in [2.24, 2.45) is 0 Å². The Morgan fingerprint density at radius 1 is 1.47 bits per heavy atom. The molecule has 78 valence electrons. The van der Waals surface area contributed by atoms with Gasteiger partial charge in [-0.05, 0) is 17.7 Å². The summed E-state index contributed by atoms with van der Waals surface area (Å²) in [4.78, 5) is 7.05. The Bertz CT molecular complexity index is 442. The van der Waals surface area contributed by atoms with E-state index in [2.05, 4.69) is 9.97 Å². The number of nitrogens with two attached hydrogens (primary N) is 1. The number of nitrogens with zero attached hydrogens (tertiary/aromatic N) is 1. The van der Waals surface area contributed by atoms with Crippen LogP contribution >= 0.6 is 11.8 Å². The van der Waals surface area contributed by atoms with E-state index in [-0.39, 0.29) is 5.82 Å². The van der Waals surface area contributed by atoms with Gasteiger partial charge in [0.1, 0.15) is 5.82 Å². The number of aromatic amines is 1. The average molecular weight is 223 g/mol. The van der Waals surface area contributed by atoms with Crippen molar-refractivity contribution in [1.29, 1.82) is 0 Å². The number of nitrogens with one attached hydrogen (secondary N) is 1. The van der Waals surface area contributed by atoms with E-state index in [1.165, 1.54) is 23.9 Å². The van der Waals surface area contributed by atoms with E-state index in [1.807, 2.05) is 0 Å². The molecule has 0 saturated heterocycles. The molecule has 0 aliphatic rings. The van der Waals surface area contributed by atoms with Crippen LogP contribution < -0.4 is 5.73 Å². The summed E-state index contributed by atoms with van der Waals surface area (Å²) < 4.78 is 12.8. The number of hydrogen-bond donors (Lipinski definition) is 2. The molecule has 1 heterocycles. The topological polar surface area (TPSA) is 54.7 Å². The standard InChI is InChI=1S/C10H10FN3S/c11-8-2-1-7(9(12)5-8)6-15-10-13-3-4-14-10/h1-5H,6,12H2,(H,13,14). The molecule has 1 aromatic carbocycles. The Morgan fingerprint density at radius 2 is 2.33 bits per heavy atom. The van der Waals surface area contributed by atoms with Crippen molar-refractivity contribution in [3.63, 3.8) is 0 Å². The summed E-state index contributed by atoms with van der Waals surface area (Å²) >= 11 is 1.53. The van der Waals surface area contributed by atoms with Gasteiger partial charge in [-0.1, -0.05) is 17.8 Å². The lowest BCUT2D eigenvalue weighted by molar-refractivity contribution is 0.628. The smallest absolute Gasteiger partial charge is 0.165 e. The molecule has 5 heteroatoms. The van der Waals surface area contributed by atoms with E-state index >= 15 is 0 Å². The van der Waals surface area contributed by atoms with Crippen molar-refractivity contribution >= 4 is 17.4 Å². The number of thioether (sulfide) groups is 1. The summed E-state index contributed by atoms with van der Waals surface area (Å²) in [6.45, 7) is 0. The van der Waals surface area contributed by atoms with Crippen molar-refractivity contribution in [2.75, 3.05) is 5.73 Å². The molecule has 0 spiro atoms. The van der Waals surface area contributed by atoms with Crippen molar-refractivity contribution in [3.8, 4) is 0 Å². The van der Waals surface area contributed by atoms with Crippen LogP contribution in [0.25, 0.3) is 0 Å². The zero-order valence-corrected chi connectivity index (χ0v) is 8.72. The van der Waals surface area contributed by atoms with Crippen LogP contribution in [0.3, 0.4) is 0 Å². The van der Waals surface area contributed by atoms with Crippen LogP contribution in [-0.2, 0) is 5.75 Å². The predicted octanol–water partition coefficient (Wildman–Crippen LogP) is 2.42. The highest BCUT2D eigenvalue weighted by atomic mass is 32.2. The monoisotopic (exact) mass is 223 g/mol. The van der Waals surface area contributed by atoms with Crippen LogP contribution in [0.5, 0.6) is 0 Å². The molecule has 0 saturated carbocycles. The fourth-order valence-corrected chi connectivity index (χ4v) is 2.01. The zero-order chi connectivity index (χ0) is 10.7. The van der Waals surface area contributed by atoms with Crippen molar-refractivity contribution in [2.45, 2.75) is 10.9 Å². The largest absolute Gasteiger partial charge is 0.398 e. The molecular formula is C10H10FN3S. The van der Waals surface area contributed by atoms with Gasteiger partial charge in [0, 0.05) is 23.8 Å². The predicted molar refractivity (Wildman–Crippen MR) is 59.0 cm³/mol. The number of halogens is 1. The third-order valence-electron chi connectivity index (χ3n) is 1.95. The number of imidazole rings is 1. The summed E-state index contributed by atoms with van der Waals surface area (Å²) in [5.41, 5.74) is 7.07. The normalized spacial score (nSPS) is 10.5. The first kappa shape index (κ1) is 10.0. The second-order valence-corrected chi connectivity index (χ2v) is 3.99. The number of nitrogen functional groups attached to an aromatic ring is 1. The van der Waals surface area contributed by atoms with E-state index in [0.717, 1.165) is 10.7 Å². The maximum atomic E-state index is 12.8. The van der Waals surface area contributed by atoms with Gasteiger partial charge in [-0.3, -0.25) is 0 Å². The first-order valence-electron chi connectivity index (χ1n) is 4.42. The highest BCUT2D eigenvalue weighted by Crippen LogP contribution is 2.23. The second kappa shape index (κ2) is 4.35. The lowest BCUT2D eigenvalue weighted by Gasteiger charge is -2.03. The molecule has 0 amide bonds. The maximum absolute atomic E-state index is 12.8. The first-order chi connectivity index (χ1) is 7.25. The second-order valence-electron chi connectivity index (χ2n) is 3.03. The van der Waals surface area contributed by atoms with E-state index < -0.39 is 0 Å². The number of H-pyrrole nitrogens is 1. The summed E-state index contributed by atoms with van der Waals surface area (Å²) in [6.07, 6.45) is 3.45. The average Bonchev–Trinajstić information content (AvgIpc) is 2.69. The quantitative estimate of drug-likeness (QED) is 0.620. The van der Waals surface area contributed by atoms with E-state index in [9.17, 15) is 4.39 Å². The molecule has 0 atom stereocenters. The summed E-state index contributed by atoms with van der Waals surface area (Å²) in [5, 5.41) is 0.832. The molecule has 0 aliphatic carbocycles. The Hall–Kier alpha value is -1.49. The highest BCUT2D eigenvalue weighted by Gasteiger charge is 2.02. The first-order valence-corrected chi connectivity index (χ1v) is 5.40. The Morgan fingerprint density at radius 3 is 3.00 bits per heavy atom. The van der Waals surface area contributed by atoms with Crippen molar-refractivity contribution in [3.05, 3.63) is 42.0 Å². The van der Waals surface area contributed by atoms with E-state index in [4.69, 9.17) is 5.73 Å². The molecule has 0 bridgehead atoms. The van der Waals surface area contributed by atoms with E-state index in [1.54, 1.807) is 18.5 Å². The Labute approximate surface area is 90.9 Å². The zero-order valence-electron chi connectivity index (χ0n) is 7.90. The van der Waals surface area contributed by atoms with Crippen LogP contribution in [0.1, 0.15) is 5.56 Å². The van der Waals surface area contributed by atoms with Crippen LogP contribution in [0.4, 0.5) is 10.1 Å². The molecule has 0 unspecified atom stereocenters. The molecule has 15 heavy (non-hydrogen) atoms. The third-order valence-corrected chi connectivity index (χ3v) is 2.90. The number of hydrogen-bond acceptors (Lipinski definition) is 3. The highest BCUT2D eigenvalue weighted by molar-refractivity contribution is 7.98. The maximum Gasteiger partial charge on any atom is 0.165 e. The third kappa shape index (κ3) is 2.50. The van der Waals surface area contributed by atoms with Gasteiger partial charge in [0.25, 0.3) is 0 Å². The van der Waals surface area contributed by atoms with Gasteiger partial charge in [-0.2, -0.15) is 0 Å². The summed E-state index contributed by atoms with van der Waals surface area (Å²) in [7, 11) is 0. The van der Waals surface area contributed by atoms with Gasteiger partial charge in [0.05, 0.1) is 0 Å². The van der Waals surface area contributed by atoms with Gasteiger partial charge in [0.2, 0.25) is 0 Å². The molecule has 0 aliphatic heterocycles. The Kier molecular flexibility index (Phi) is 2.91. The van der Waals surface area contributed by atoms with Crippen molar-refractivity contribution < 1.29 is 4.39 Å².